The summed E-state index contributed by atoms with van der Waals surface area (Å²) in [6.07, 6.45) is -5.70. The first-order valence-corrected chi connectivity index (χ1v) is 2.69. The van der Waals surface area contributed by atoms with Crippen molar-refractivity contribution in [1.82, 2.24) is 0 Å². The van der Waals surface area contributed by atoms with Gasteiger partial charge in [-0.2, -0.15) is 0 Å². The van der Waals surface area contributed by atoms with Crippen LogP contribution in [0.2, 0.25) is 0 Å². The van der Waals surface area contributed by atoms with E-state index in [0.717, 1.165) is 0 Å². The average molecular weight is 233 g/mol. The van der Waals surface area contributed by atoms with Gasteiger partial charge in [0, 0.05) is 0 Å². The van der Waals surface area contributed by atoms with Gasteiger partial charge in [-0.05, 0) is 0 Å². The summed E-state index contributed by atoms with van der Waals surface area (Å²) in [7, 11) is 0. The number of hydrogen-bond acceptors (Lipinski definition) is 4. The molecule has 0 heterocycles. The highest BCUT2D eigenvalue weighted by Crippen LogP contribution is 2.00. The summed E-state index contributed by atoms with van der Waals surface area (Å²) in [5, 5.41) is 25.3. The van der Waals surface area contributed by atoms with E-state index in [-0.39, 0.29) is 23.3 Å². The summed E-state index contributed by atoms with van der Waals surface area (Å²) in [5.41, 5.74) is 0. The third-order valence-electron chi connectivity index (χ3n) is 1.04. The summed E-state index contributed by atoms with van der Waals surface area (Å²) >= 11 is 0. The standard InChI is InChI=1S/C5H9FO4.BrH/c6-3(1-7)5(10)4(9)2-8;/h1,3-5,8-10H,2H2;1H/t3-,4-,5+;/m1./s1. The number of carbonyl (C=O) groups excluding carboxylic acids is 1. The van der Waals surface area contributed by atoms with Crippen LogP contribution in [0, 0.1) is 0 Å². The van der Waals surface area contributed by atoms with Gasteiger partial charge in [0.2, 0.25) is 0 Å². The fraction of sp³-hybridized carbons (Fsp3) is 0.800. The van der Waals surface area contributed by atoms with Gasteiger partial charge in [-0.25, -0.2) is 4.39 Å². The van der Waals surface area contributed by atoms with E-state index in [1.54, 1.807) is 0 Å². The molecule has 0 aromatic rings. The van der Waals surface area contributed by atoms with E-state index in [4.69, 9.17) is 15.3 Å². The largest absolute Gasteiger partial charge is 0.394 e. The van der Waals surface area contributed by atoms with Gasteiger partial charge in [0.1, 0.15) is 12.2 Å². The molecular formula is C5H10BrFO4. The van der Waals surface area contributed by atoms with Gasteiger partial charge in [0.25, 0.3) is 0 Å². The van der Waals surface area contributed by atoms with Crippen molar-refractivity contribution in [2.24, 2.45) is 0 Å². The van der Waals surface area contributed by atoms with Gasteiger partial charge >= 0.3 is 0 Å². The SMILES string of the molecule is Br.O=C[C@@H](F)[C@H](O)[C@H](O)CO. The van der Waals surface area contributed by atoms with Crippen molar-refractivity contribution >= 4 is 23.3 Å². The number of hydrogen-bond donors (Lipinski definition) is 3. The van der Waals surface area contributed by atoms with Crippen LogP contribution in [0.15, 0.2) is 0 Å². The molecule has 0 rings (SSSR count). The van der Waals surface area contributed by atoms with Crippen LogP contribution in [-0.2, 0) is 4.79 Å². The number of halogens is 2. The Labute approximate surface area is 73.4 Å². The maximum atomic E-state index is 12.1. The molecular weight excluding hydrogens is 223 g/mol. The van der Waals surface area contributed by atoms with E-state index < -0.39 is 25.0 Å². The number of carbonyl (C=O) groups is 1. The lowest BCUT2D eigenvalue weighted by molar-refractivity contribution is -0.120. The van der Waals surface area contributed by atoms with Crippen molar-refractivity contribution in [3.05, 3.63) is 0 Å². The lowest BCUT2D eigenvalue weighted by Gasteiger charge is -2.14. The molecule has 0 spiro atoms. The van der Waals surface area contributed by atoms with Crippen molar-refractivity contribution in [3.63, 3.8) is 0 Å². The van der Waals surface area contributed by atoms with E-state index in [9.17, 15) is 9.18 Å². The molecule has 0 aliphatic heterocycles. The Balaban J connectivity index is 0. The van der Waals surface area contributed by atoms with Crippen LogP contribution in [0.4, 0.5) is 4.39 Å². The van der Waals surface area contributed by atoms with Crippen LogP contribution >= 0.6 is 17.0 Å². The lowest BCUT2D eigenvalue weighted by Crippen LogP contribution is -2.37. The van der Waals surface area contributed by atoms with Crippen LogP contribution in [0.1, 0.15) is 0 Å². The van der Waals surface area contributed by atoms with Gasteiger partial charge in [-0.1, -0.05) is 0 Å². The fourth-order valence-corrected chi connectivity index (χ4v) is 0.401. The summed E-state index contributed by atoms with van der Waals surface area (Å²) < 4.78 is 12.1. The van der Waals surface area contributed by atoms with Crippen molar-refractivity contribution < 1.29 is 24.5 Å². The molecule has 0 unspecified atom stereocenters. The van der Waals surface area contributed by atoms with E-state index in [0.29, 0.717) is 0 Å². The lowest BCUT2D eigenvalue weighted by atomic mass is 10.1. The Bertz CT molecular complexity index is 113. The first-order valence-electron chi connectivity index (χ1n) is 2.69. The van der Waals surface area contributed by atoms with Crippen LogP contribution in [0.3, 0.4) is 0 Å². The molecule has 0 fully saturated rings. The van der Waals surface area contributed by atoms with Crippen LogP contribution in [-0.4, -0.2) is 46.6 Å². The molecule has 0 saturated carbocycles. The van der Waals surface area contributed by atoms with Crippen LogP contribution in [0.25, 0.3) is 0 Å². The zero-order valence-electron chi connectivity index (χ0n) is 5.55. The molecule has 0 aliphatic rings. The van der Waals surface area contributed by atoms with Gasteiger partial charge in [0.15, 0.2) is 12.5 Å². The molecule has 11 heavy (non-hydrogen) atoms. The van der Waals surface area contributed by atoms with Gasteiger partial charge < -0.3 is 20.1 Å². The molecule has 68 valence electrons. The minimum absolute atomic E-state index is 0. The molecule has 0 amide bonds. The molecule has 0 aliphatic carbocycles. The maximum absolute atomic E-state index is 12.1. The number of aldehydes is 1. The minimum atomic E-state index is -2.14. The van der Waals surface area contributed by atoms with Crippen molar-refractivity contribution in [2.45, 2.75) is 18.4 Å². The molecule has 0 aromatic carbocycles. The molecule has 6 heteroatoms. The third kappa shape index (κ3) is 4.41. The molecule has 0 radical (unpaired) electrons. The van der Waals surface area contributed by atoms with Crippen molar-refractivity contribution in [1.29, 1.82) is 0 Å². The predicted octanol–water partition coefficient (Wildman–Crippen LogP) is -1.18. The molecule has 3 atom stereocenters. The average Bonchev–Trinajstić information content (AvgIpc) is 2.00. The first-order chi connectivity index (χ1) is 4.63. The van der Waals surface area contributed by atoms with E-state index in [2.05, 4.69) is 0 Å². The number of alkyl halides is 1. The number of aliphatic hydroxyl groups excluding tert-OH is 3. The van der Waals surface area contributed by atoms with Crippen molar-refractivity contribution in [2.75, 3.05) is 6.61 Å². The van der Waals surface area contributed by atoms with Gasteiger partial charge in [-0.15, -0.1) is 17.0 Å². The zero-order valence-corrected chi connectivity index (χ0v) is 7.27. The summed E-state index contributed by atoms with van der Waals surface area (Å²) in [6, 6.07) is 0. The Morgan fingerprint density at radius 3 is 2.18 bits per heavy atom. The van der Waals surface area contributed by atoms with Gasteiger partial charge in [0.05, 0.1) is 6.61 Å². The Morgan fingerprint density at radius 1 is 1.45 bits per heavy atom. The molecule has 4 nitrogen and oxygen atoms in total. The van der Waals surface area contributed by atoms with E-state index in [1.165, 1.54) is 0 Å². The normalized spacial score (nSPS) is 17.8. The quantitative estimate of drug-likeness (QED) is 0.534. The van der Waals surface area contributed by atoms with Gasteiger partial charge in [-0.3, -0.25) is 0 Å². The number of aliphatic hydroxyl groups is 3. The van der Waals surface area contributed by atoms with E-state index >= 15 is 0 Å². The maximum Gasteiger partial charge on any atom is 0.183 e. The predicted molar refractivity (Wildman–Crippen MR) is 40.4 cm³/mol. The summed E-state index contributed by atoms with van der Waals surface area (Å²) in [5.74, 6) is 0. The molecule has 3 N–H and O–H groups in total. The highest BCUT2D eigenvalue weighted by molar-refractivity contribution is 8.93. The Morgan fingerprint density at radius 2 is 1.91 bits per heavy atom. The first kappa shape index (κ1) is 13.5. The monoisotopic (exact) mass is 232 g/mol. The summed E-state index contributed by atoms with van der Waals surface area (Å²) in [4.78, 5) is 9.64. The van der Waals surface area contributed by atoms with Crippen molar-refractivity contribution in [3.8, 4) is 0 Å². The zero-order chi connectivity index (χ0) is 8.15. The fourth-order valence-electron chi connectivity index (χ4n) is 0.401. The molecule has 0 saturated heterocycles. The third-order valence-corrected chi connectivity index (χ3v) is 1.04. The Hall–Kier alpha value is -0.0400. The second-order valence-electron chi connectivity index (χ2n) is 1.82. The molecule has 0 aromatic heterocycles. The second kappa shape index (κ2) is 6.66. The second-order valence-corrected chi connectivity index (χ2v) is 1.82. The van der Waals surface area contributed by atoms with Crippen LogP contribution in [0.5, 0.6) is 0 Å². The topological polar surface area (TPSA) is 77.8 Å². The molecule has 0 bridgehead atoms. The van der Waals surface area contributed by atoms with Crippen LogP contribution < -0.4 is 0 Å². The highest BCUT2D eigenvalue weighted by atomic mass is 79.9. The minimum Gasteiger partial charge on any atom is -0.394 e. The van der Waals surface area contributed by atoms with E-state index in [1.807, 2.05) is 0 Å². The highest BCUT2D eigenvalue weighted by Gasteiger charge is 2.24. The smallest absolute Gasteiger partial charge is 0.183 e. The Kier molecular flexibility index (Phi) is 8.20. The number of rotatable bonds is 4. The summed E-state index contributed by atoms with van der Waals surface area (Å²) in [6.45, 7) is -0.768.